The molecule has 0 spiro atoms. The Kier molecular flexibility index (Phi) is 5.18. The van der Waals surface area contributed by atoms with Gasteiger partial charge in [0.2, 0.25) is 0 Å². The molecule has 1 heterocycles. The highest BCUT2D eigenvalue weighted by molar-refractivity contribution is 9.11. The molecule has 0 saturated carbocycles. The van der Waals surface area contributed by atoms with Crippen molar-refractivity contribution in [1.82, 2.24) is 9.97 Å². The number of nitrogens with one attached hydrogen (secondary N) is 1. The summed E-state index contributed by atoms with van der Waals surface area (Å²) >= 11 is 6.29. The lowest BCUT2D eigenvalue weighted by Crippen LogP contribution is -2.14. The Bertz CT molecular complexity index is 671. The monoisotopic (exact) mass is 421 g/mol. The molecule has 1 aromatic heterocycles. The van der Waals surface area contributed by atoms with Gasteiger partial charge in [0.15, 0.2) is 5.82 Å². The van der Waals surface area contributed by atoms with Crippen molar-refractivity contribution >= 4 is 43.6 Å². The van der Waals surface area contributed by atoms with Crippen LogP contribution in [0.15, 0.2) is 39.7 Å². The normalized spacial score (nSPS) is 10.5. The molecule has 0 aliphatic heterocycles. The van der Waals surface area contributed by atoms with Crippen molar-refractivity contribution in [3.05, 3.63) is 45.2 Å². The summed E-state index contributed by atoms with van der Waals surface area (Å²) in [5, 5.41) is 2.51. The molecule has 0 radical (unpaired) electrons. The molecule has 9 heteroatoms. The SMILES string of the molecule is O=C(Nc1ncc(Br)nc1Br)c1cccc(OC(F)F)c1. The van der Waals surface area contributed by atoms with Gasteiger partial charge in [-0.25, -0.2) is 9.97 Å². The fraction of sp³-hybridized carbons (Fsp3) is 0.0833. The van der Waals surface area contributed by atoms with E-state index in [2.05, 4.69) is 51.9 Å². The van der Waals surface area contributed by atoms with Crippen LogP contribution in [0.4, 0.5) is 14.6 Å². The van der Waals surface area contributed by atoms with Gasteiger partial charge in [-0.15, -0.1) is 0 Å². The molecule has 5 nitrogen and oxygen atoms in total. The topological polar surface area (TPSA) is 64.1 Å². The van der Waals surface area contributed by atoms with Crippen LogP contribution in [0, 0.1) is 0 Å². The molecule has 21 heavy (non-hydrogen) atoms. The first-order chi connectivity index (χ1) is 9.95. The number of hydrogen-bond donors (Lipinski definition) is 1. The number of halogens is 4. The number of benzene rings is 1. The molecule has 2 rings (SSSR count). The van der Waals surface area contributed by atoms with Crippen molar-refractivity contribution in [2.24, 2.45) is 0 Å². The zero-order valence-corrected chi connectivity index (χ0v) is 13.4. The third-order valence-electron chi connectivity index (χ3n) is 2.25. The summed E-state index contributed by atoms with van der Waals surface area (Å²) < 4.78 is 29.4. The molecule has 2 aromatic rings. The van der Waals surface area contributed by atoms with Crippen molar-refractivity contribution in [2.45, 2.75) is 6.61 Å². The zero-order valence-electron chi connectivity index (χ0n) is 10.2. The van der Waals surface area contributed by atoms with Crippen molar-refractivity contribution in [3.63, 3.8) is 0 Å². The molecule has 1 aromatic carbocycles. The Morgan fingerprint density at radius 2 is 2.10 bits per heavy atom. The van der Waals surface area contributed by atoms with E-state index in [4.69, 9.17) is 0 Å². The van der Waals surface area contributed by atoms with E-state index in [1.54, 1.807) is 0 Å². The number of alkyl halides is 2. The highest BCUT2D eigenvalue weighted by atomic mass is 79.9. The number of amides is 1. The zero-order chi connectivity index (χ0) is 15.4. The minimum absolute atomic E-state index is 0.0985. The number of carbonyl (C=O) groups is 1. The molecule has 0 fully saturated rings. The summed E-state index contributed by atoms with van der Waals surface area (Å²) in [5.41, 5.74) is 0.157. The fourth-order valence-corrected chi connectivity index (χ4v) is 2.33. The Hall–Kier alpha value is -1.61. The standard InChI is InChI=1S/C12H7Br2F2N3O2/c13-8-5-17-10(9(14)18-8)19-11(20)6-2-1-3-7(4-6)21-12(15)16/h1-5,12H,(H,17,19,20). The molecule has 1 N–H and O–H groups in total. The Morgan fingerprint density at radius 1 is 1.33 bits per heavy atom. The summed E-state index contributed by atoms with van der Waals surface area (Å²) in [7, 11) is 0. The summed E-state index contributed by atoms with van der Waals surface area (Å²) in [5.74, 6) is -0.408. The first-order valence-corrected chi connectivity index (χ1v) is 7.08. The van der Waals surface area contributed by atoms with E-state index in [0.29, 0.717) is 9.21 Å². The van der Waals surface area contributed by atoms with E-state index in [1.165, 1.54) is 30.5 Å². The molecular weight excluding hydrogens is 416 g/mol. The number of carbonyl (C=O) groups excluding carboxylic acids is 1. The van der Waals surface area contributed by atoms with Crippen LogP contribution in [0.3, 0.4) is 0 Å². The maximum Gasteiger partial charge on any atom is 0.387 e. The second kappa shape index (κ2) is 6.90. The van der Waals surface area contributed by atoms with Crippen molar-refractivity contribution in [1.29, 1.82) is 0 Å². The van der Waals surface area contributed by atoms with Gasteiger partial charge in [0.05, 0.1) is 6.20 Å². The van der Waals surface area contributed by atoms with Crippen LogP contribution in [0.5, 0.6) is 5.75 Å². The van der Waals surface area contributed by atoms with Crippen LogP contribution in [-0.2, 0) is 0 Å². The average molecular weight is 423 g/mol. The van der Waals surface area contributed by atoms with Gasteiger partial charge in [0, 0.05) is 5.56 Å². The molecule has 0 aliphatic rings. The smallest absolute Gasteiger partial charge is 0.387 e. The molecule has 0 atom stereocenters. The maximum atomic E-state index is 12.1. The van der Waals surface area contributed by atoms with Crippen LogP contribution in [0.1, 0.15) is 10.4 Å². The van der Waals surface area contributed by atoms with Gasteiger partial charge in [0.25, 0.3) is 5.91 Å². The molecular formula is C12H7Br2F2N3O2. The maximum absolute atomic E-state index is 12.1. The molecule has 0 bridgehead atoms. The third kappa shape index (κ3) is 4.43. The highest BCUT2D eigenvalue weighted by Crippen LogP contribution is 2.21. The first-order valence-electron chi connectivity index (χ1n) is 5.50. The van der Waals surface area contributed by atoms with E-state index >= 15 is 0 Å². The lowest BCUT2D eigenvalue weighted by atomic mass is 10.2. The fourth-order valence-electron chi connectivity index (χ4n) is 1.42. The van der Waals surface area contributed by atoms with E-state index in [1.807, 2.05) is 0 Å². The minimum atomic E-state index is -2.95. The van der Waals surface area contributed by atoms with E-state index < -0.39 is 12.5 Å². The van der Waals surface area contributed by atoms with Gasteiger partial charge in [-0.05, 0) is 50.1 Å². The molecule has 0 saturated heterocycles. The predicted molar refractivity (Wildman–Crippen MR) is 78.5 cm³/mol. The first kappa shape index (κ1) is 15.8. The lowest BCUT2D eigenvalue weighted by Gasteiger charge is -2.08. The van der Waals surface area contributed by atoms with Crippen LogP contribution in [0.2, 0.25) is 0 Å². The van der Waals surface area contributed by atoms with Crippen LogP contribution in [-0.4, -0.2) is 22.5 Å². The van der Waals surface area contributed by atoms with Crippen LogP contribution in [0.25, 0.3) is 0 Å². The van der Waals surface area contributed by atoms with Crippen molar-refractivity contribution in [2.75, 3.05) is 5.32 Å². The number of nitrogens with zero attached hydrogens (tertiary/aromatic N) is 2. The highest BCUT2D eigenvalue weighted by Gasteiger charge is 2.12. The Labute approximate surface area is 135 Å². The van der Waals surface area contributed by atoms with E-state index in [-0.39, 0.29) is 17.1 Å². The van der Waals surface area contributed by atoms with Gasteiger partial charge >= 0.3 is 6.61 Å². The van der Waals surface area contributed by atoms with E-state index in [0.717, 1.165) is 0 Å². The Morgan fingerprint density at radius 3 is 2.76 bits per heavy atom. The average Bonchev–Trinajstić information content (AvgIpc) is 2.41. The van der Waals surface area contributed by atoms with Gasteiger partial charge in [0.1, 0.15) is 15.0 Å². The predicted octanol–water partition coefficient (Wildman–Crippen LogP) is 3.86. The summed E-state index contributed by atoms with van der Waals surface area (Å²) in [4.78, 5) is 20.0. The lowest BCUT2D eigenvalue weighted by molar-refractivity contribution is -0.0498. The second-order valence-corrected chi connectivity index (χ2v) is 5.26. The van der Waals surface area contributed by atoms with Crippen molar-refractivity contribution < 1.29 is 18.3 Å². The van der Waals surface area contributed by atoms with Gasteiger partial charge in [-0.1, -0.05) is 6.07 Å². The van der Waals surface area contributed by atoms with Gasteiger partial charge < -0.3 is 10.1 Å². The number of hydrogen-bond acceptors (Lipinski definition) is 4. The molecule has 0 aliphatic carbocycles. The minimum Gasteiger partial charge on any atom is -0.435 e. The Balaban J connectivity index is 2.16. The molecule has 0 unspecified atom stereocenters. The number of aromatic nitrogens is 2. The summed E-state index contributed by atoms with van der Waals surface area (Å²) in [6.07, 6.45) is 1.41. The van der Waals surface area contributed by atoms with E-state index in [9.17, 15) is 13.6 Å². The van der Waals surface area contributed by atoms with Crippen LogP contribution < -0.4 is 10.1 Å². The van der Waals surface area contributed by atoms with Crippen molar-refractivity contribution in [3.8, 4) is 5.75 Å². The quantitative estimate of drug-likeness (QED) is 0.812. The summed E-state index contributed by atoms with van der Waals surface area (Å²) in [6.45, 7) is -2.95. The molecule has 1 amide bonds. The summed E-state index contributed by atoms with van der Waals surface area (Å²) in [6, 6.07) is 5.45. The number of ether oxygens (including phenoxy) is 1. The van der Waals surface area contributed by atoms with Gasteiger partial charge in [-0.3, -0.25) is 4.79 Å². The molecule has 110 valence electrons. The third-order valence-corrected chi connectivity index (χ3v) is 3.19. The van der Waals surface area contributed by atoms with Crippen LogP contribution >= 0.6 is 31.9 Å². The largest absolute Gasteiger partial charge is 0.435 e. The number of anilines is 1. The van der Waals surface area contributed by atoms with Gasteiger partial charge in [-0.2, -0.15) is 8.78 Å². The number of rotatable bonds is 4. The second-order valence-electron chi connectivity index (χ2n) is 3.69.